The Hall–Kier alpha value is -1.51. The van der Waals surface area contributed by atoms with E-state index in [1.165, 1.54) is 37.7 Å². The zero-order valence-electron chi connectivity index (χ0n) is 10.9. The highest BCUT2D eigenvalue weighted by molar-refractivity contribution is 5.75. The fraction of sp³-hybridized carbons (Fsp3) is 0.533. The van der Waals surface area contributed by atoms with Crippen LogP contribution in [0.4, 0.5) is 0 Å². The third-order valence-corrected chi connectivity index (χ3v) is 3.80. The van der Waals surface area contributed by atoms with Gasteiger partial charge in [-0.2, -0.15) is 0 Å². The second kappa shape index (κ2) is 6.43. The van der Waals surface area contributed by atoms with E-state index in [9.17, 15) is 0 Å². The Morgan fingerprint density at radius 3 is 2.39 bits per heavy atom. The highest BCUT2D eigenvalue weighted by atomic mass is 15.0. The maximum Gasteiger partial charge on any atom is 0.186 e. The summed E-state index contributed by atoms with van der Waals surface area (Å²) >= 11 is 0. The average Bonchev–Trinajstić information content (AvgIpc) is 2.40. The standard InChI is InChI=1S/C15H23N3/c16-15(17)18-14(13-9-5-2-6-10-13)11-12-7-3-1-4-8-12/h1,3-4,7-8,13-14H,2,5-6,9-11H2,(H4,16,17,18). The van der Waals surface area contributed by atoms with Crippen molar-refractivity contribution in [2.75, 3.05) is 0 Å². The molecule has 0 aromatic heterocycles. The van der Waals surface area contributed by atoms with Crippen molar-refractivity contribution in [3.63, 3.8) is 0 Å². The summed E-state index contributed by atoms with van der Waals surface area (Å²) < 4.78 is 0. The van der Waals surface area contributed by atoms with E-state index >= 15 is 0 Å². The number of rotatable bonds is 4. The van der Waals surface area contributed by atoms with Gasteiger partial charge in [0.1, 0.15) is 0 Å². The first-order valence-corrected chi connectivity index (χ1v) is 6.88. The molecule has 1 aliphatic carbocycles. The van der Waals surface area contributed by atoms with E-state index in [4.69, 9.17) is 11.5 Å². The molecular formula is C15H23N3. The van der Waals surface area contributed by atoms with Crippen LogP contribution < -0.4 is 11.5 Å². The Labute approximate surface area is 109 Å². The van der Waals surface area contributed by atoms with E-state index in [-0.39, 0.29) is 12.0 Å². The van der Waals surface area contributed by atoms with Gasteiger partial charge >= 0.3 is 0 Å². The van der Waals surface area contributed by atoms with E-state index in [2.05, 4.69) is 29.3 Å². The van der Waals surface area contributed by atoms with Crippen molar-refractivity contribution < 1.29 is 0 Å². The van der Waals surface area contributed by atoms with Gasteiger partial charge in [0.15, 0.2) is 5.96 Å². The van der Waals surface area contributed by atoms with Gasteiger partial charge in [-0.15, -0.1) is 0 Å². The van der Waals surface area contributed by atoms with Crippen molar-refractivity contribution in [1.29, 1.82) is 0 Å². The van der Waals surface area contributed by atoms with Crippen LogP contribution in [0.1, 0.15) is 37.7 Å². The number of aliphatic imine (C=N–C) groups is 1. The van der Waals surface area contributed by atoms with E-state index in [0.29, 0.717) is 5.92 Å². The van der Waals surface area contributed by atoms with Crippen LogP contribution >= 0.6 is 0 Å². The zero-order valence-corrected chi connectivity index (χ0v) is 10.9. The molecule has 18 heavy (non-hydrogen) atoms. The maximum absolute atomic E-state index is 5.58. The second-order valence-corrected chi connectivity index (χ2v) is 5.21. The maximum atomic E-state index is 5.58. The van der Waals surface area contributed by atoms with E-state index in [0.717, 1.165) is 6.42 Å². The minimum Gasteiger partial charge on any atom is -0.370 e. The first kappa shape index (κ1) is 12.9. The molecule has 4 N–H and O–H groups in total. The van der Waals surface area contributed by atoms with Gasteiger partial charge in [-0.3, -0.25) is 0 Å². The highest BCUT2D eigenvalue weighted by Crippen LogP contribution is 2.29. The first-order chi connectivity index (χ1) is 8.75. The van der Waals surface area contributed by atoms with Crippen molar-refractivity contribution >= 4 is 5.96 Å². The summed E-state index contributed by atoms with van der Waals surface area (Å²) in [7, 11) is 0. The molecule has 0 amide bonds. The molecular weight excluding hydrogens is 222 g/mol. The summed E-state index contributed by atoms with van der Waals surface area (Å²) in [5, 5.41) is 0. The lowest BCUT2D eigenvalue weighted by molar-refractivity contribution is 0.304. The SMILES string of the molecule is NC(N)=NC(Cc1ccccc1)C1CCCCC1. The van der Waals surface area contributed by atoms with Gasteiger partial charge in [0, 0.05) is 0 Å². The van der Waals surface area contributed by atoms with Crippen LogP contribution in [0.3, 0.4) is 0 Å². The molecule has 1 unspecified atom stereocenters. The highest BCUT2D eigenvalue weighted by Gasteiger charge is 2.23. The molecule has 1 atom stereocenters. The van der Waals surface area contributed by atoms with Gasteiger partial charge in [0.05, 0.1) is 6.04 Å². The average molecular weight is 245 g/mol. The van der Waals surface area contributed by atoms with Crippen molar-refractivity contribution in [1.82, 2.24) is 0 Å². The van der Waals surface area contributed by atoms with Crippen molar-refractivity contribution in [2.45, 2.75) is 44.6 Å². The third kappa shape index (κ3) is 3.76. The molecule has 0 aliphatic heterocycles. The second-order valence-electron chi connectivity index (χ2n) is 5.21. The number of nitrogens with zero attached hydrogens (tertiary/aromatic N) is 1. The lowest BCUT2D eigenvalue weighted by Crippen LogP contribution is -2.31. The Bertz CT molecular complexity index is 376. The summed E-state index contributed by atoms with van der Waals surface area (Å²) in [4.78, 5) is 4.47. The molecule has 0 heterocycles. The quantitative estimate of drug-likeness (QED) is 0.632. The van der Waals surface area contributed by atoms with Crippen LogP contribution in [0.2, 0.25) is 0 Å². The van der Waals surface area contributed by atoms with Crippen LogP contribution in [0, 0.1) is 5.92 Å². The number of hydrogen-bond donors (Lipinski definition) is 2. The minimum absolute atomic E-state index is 0.224. The van der Waals surface area contributed by atoms with Crippen LogP contribution in [0.25, 0.3) is 0 Å². The fourth-order valence-corrected chi connectivity index (χ4v) is 2.88. The molecule has 1 fully saturated rings. The molecule has 1 aromatic rings. The van der Waals surface area contributed by atoms with E-state index in [1.807, 2.05) is 6.07 Å². The molecule has 3 heteroatoms. The predicted octanol–water partition coefficient (Wildman–Crippen LogP) is 2.45. The topological polar surface area (TPSA) is 64.4 Å². The molecule has 0 radical (unpaired) electrons. The Morgan fingerprint density at radius 2 is 1.78 bits per heavy atom. The zero-order chi connectivity index (χ0) is 12.8. The summed E-state index contributed by atoms with van der Waals surface area (Å²) in [6.45, 7) is 0. The van der Waals surface area contributed by atoms with Crippen LogP contribution in [-0.4, -0.2) is 12.0 Å². The largest absolute Gasteiger partial charge is 0.370 e. The van der Waals surface area contributed by atoms with E-state index < -0.39 is 0 Å². The first-order valence-electron chi connectivity index (χ1n) is 6.88. The smallest absolute Gasteiger partial charge is 0.186 e. The van der Waals surface area contributed by atoms with Gasteiger partial charge < -0.3 is 11.5 Å². The van der Waals surface area contributed by atoms with Gasteiger partial charge in [0.25, 0.3) is 0 Å². The van der Waals surface area contributed by atoms with Gasteiger partial charge in [-0.25, -0.2) is 4.99 Å². The summed E-state index contributed by atoms with van der Waals surface area (Å²) in [5.41, 5.74) is 12.5. The van der Waals surface area contributed by atoms with Gasteiger partial charge in [0.2, 0.25) is 0 Å². The predicted molar refractivity (Wildman–Crippen MR) is 76.3 cm³/mol. The normalized spacial score (nSPS) is 18.2. The molecule has 2 rings (SSSR count). The van der Waals surface area contributed by atoms with E-state index in [1.54, 1.807) is 0 Å². The summed E-state index contributed by atoms with van der Waals surface area (Å²) in [6.07, 6.45) is 7.45. The molecule has 1 aliphatic rings. The number of nitrogens with two attached hydrogens (primary N) is 2. The lowest BCUT2D eigenvalue weighted by atomic mass is 9.82. The summed E-state index contributed by atoms with van der Waals surface area (Å²) in [5.74, 6) is 0.863. The van der Waals surface area contributed by atoms with Crippen LogP contribution in [-0.2, 0) is 6.42 Å². The van der Waals surface area contributed by atoms with Gasteiger partial charge in [-0.1, -0.05) is 49.6 Å². The lowest BCUT2D eigenvalue weighted by Gasteiger charge is -2.27. The monoisotopic (exact) mass is 245 g/mol. The summed E-state index contributed by atoms with van der Waals surface area (Å²) in [6, 6.07) is 10.7. The minimum atomic E-state index is 0.224. The Kier molecular flexibility index (Phi) is 4.62. The van der Waals surface area contributed by atoms with Crippen molar-refractivity contribution in [3.8, 4) is 0 Å². The molecule has 1 aromatic carbocycles. The third-order valence-electron chi connectivity index (χ3n) is 3.80. The Morgan fingerprint density at radius 1 is 1.11 bits per heavy atom. The van der Waals surface area contributed by atoms with Crippen LogP contribution in [0.15, 0.2) is 35.3 Å². The Balaban J connectivity index is 2.07. The van der Waals surface area contributed by atoms with Crippen molar-refractivity contribution in [3.05, 3.63) is 35.9 Å². The molecule has 98 valence electrons. The molecule has 3 nitrogen and oxygen atoms in total. The number of benzene rings is 1. The molecule has 0 bridgehead atoms. The van der Waals surface area contributed by atoms with Crippen LogP contribution in [0.5, 0.6) is 0 Å². The van der Waals surface area contributed by atoms with Crippen molar-refractivity contribution in [2.24, 2.45) is 22.4 Å². The molecule has 0 saturated heterocycles. The number of guanidine groups is 1. The number of hydrogen-bond acceptors (Lipinski definition) is 1. The molecule has 0 spiro atoms. The molecule has 1 saturated carbocycles. The van der Waals surface area contributed by atoms with Gasteiger partial charge in [-0.05, 0) is 30.7 Å². The fourth-order valence-electron chi connectivity index (χ4n) is 2.88.